The van der Waals surface area contributed by atoms with Gasteiger partial charge in [0, 0.05) is 22.6 Å². The highest BCUT2D eigenvalue weighted by Crippen LogP contribution is 2.38. The van der Waals surface area contributed by atoms with Gasteiger partial charge in [-0.2, -0.15) is 0 Å². The molecule has 0 saturated carbocycles. The Bertz CT molecular complexity index is 421. The second-order valence-corrected chi connectivity index (χ2v) is 6.00. The lowest BCUT2D eigenvalue weighted by Crippen LogP contribution is -2.19. The predicted molar refractivity (Wildman–Crippen MR) is 77.7 cm³/mol. The van der Waals surface area contributed by atoms with Crippen LogP contribution in [0.4, 0.5) is 5.69 Å². The van der Waals surface area contributed by atoms with E-state index in [0.717, 1.165) is 28.1 Å². The SMILES string of the molecule is CC(C)CC(C)Nc1cc2c(cc1Br)OCCO2. The molecule has 1 aromatic rings. The molecule has 1 aliphatic heterocycles. The van der Waals surface area contributed by atoms with Gasteiger partial charge in [0.2, 0.25) is 0 Å². The summed E-state index contributed by atoms with van der Waals surface area (Å²) in [6, 6.07) is 4.41. The largest absolute Gasteiger partial charge is 0.486 e. The van der Waals surface area contributed by atoms with E-state index in [1.165, 1.54) is 0 Å². The lowest BCUT2D eigenvalue weighted by atomic mass is 10.1. The summed E-state index contributed by atoms with van der Waals surface area (Å²) in [7, 11) is 0. The van der Waals surface area contributed by atoms with Gasteiger partial charge in [0.1, 0.15) is 13.2 Å². The Morgan fingerprint density at radius 2 is 1.78 bits per heavy atom. The van der Waals surface area contributed by atoms with Crippen LogP contribution in [0, 0.1) is 5.92 Å². The van der Waals surface area contributed by atoms with Crippen LogP contribution in [0.3, 0.4) is 0 Å². The van der Waals surface area contributed by atoms with Crippen LogP contribution in [0.15, 0.2) is 16.6 Å². The molecule has 0 spiro atoms. The zero-order valence-electron chi connectivity index (χ0n) is 11.1. The second kappa shape index (κ2) is 5.83. The standard InChI is InChI=1S/C14H20BrNO2/c1-9(2)6-10(3)16-12-8-14-13(7-11(12)15)17-4-5-18-14/h7-10,16H,4-6H2,1-3H3. The predicted octanol–water partition coefficient (Wildman–Crippen LogP) is 4.07. The molecule has 0 radical (unpaired) electrons. The van der Waals surface area contributed by atoms with Crippen LogP contribution in [-0.4, -0.2) is 19.3 Å². The third-order valence-electron chi connectivity index (χ3n) is 2.86. The Hall–Kier alpha value is -0.900. The molecule has 1 aromatic carbocycles. The van der Waals surface area contributed by atoms with Crippen LogP contribution < -0.4 is 14.8 Å². The fraction of sp³-hybridized carbons (Fsp3) is 0.571. The molecule has 0 aromatic heterocycles. The molecule has 0 amide bonds. The molecule has 0 bridgehead atoms. The first kappa shape index (κ1) is 13.5. The lowest BCUT2D eigenvalue weighted by Gasteiger charge is -2.22. The quantitative estimate of drug-likeness (QED) is 0.909. The van der Waals surface area contributed by atoms with Crippen molar-refractivity contribution in [3.63, 3.8) is 0 Å². The summed E-state index contributed by atoms with van der Waals surface area (Å²) in [5.74, 6) is 2.32. The van der Waals surface area contributed by atoms with E-state index in [4.69, 9.17) is 9.47 Å². The third-order valence-corrected chi connectivity index (χ3v) is 3.51. The van der Waals surface area contributed by atoms with Gasteiger partial charge >= 0.3 is 0 Å². The monoisotopic (exact) mass is 313 g/mol. The van der Waals surface area contributed by atoms with E-state index in [-0.39, 0.29) is 0 Å². The first-order valence-corrected chi connectivity index (χ1v) is 7.21. The van der Waals surface area contributed by atoms with Crippen LogP contribution in [0.2, 0.25) is 0 Å². The van der Waals surface area contributed by atoms with Crippen molar-refractivity contribution in [2.75, 3.05) is 18.5 Å². The fourth-order valence-corrected chi connectivity index (χ4v) is 2.64. The minimum absolute atomic E-state index is 0.434. The number of hydrogen-bond donors (Lipinski definition) is 1. The maximum absolute atomic E-state index is 5.60. The van der Waals surface area contributed by atoms with E-state index < -0.39 is 0 Å². The van der Waals surface area contributed by atoms with Crippen molar-refractivity contribution in [3.8, 4) is 11.5 Å². The second-order valence-electron chi connectivity index (χ2n) is 5.15. The van der Waals surface area contributed by atoms with Gasteiger partial charge in [0.05, 0.1) is 5.69 Å². The number of nitrogens with one attached hydrogen (secondary N) is 1. The van der Waals surface area contributed by atoms with E-state index in [2.05, 4.69) is 42.0 Å². The summed E-state index contributed by atoms with van der Waals surface area (Å²) in [5, 5.41) is 3.51. The van der Waals surface area contributed by atoms with Crippen molar-refractivity contribution in [3.05, 3.63) is 16.6 Å². The maximum atomic E-state index is 5.60. The zero-order chi connectivity index (χ0) is 13.1. The Labute approximate surface area is 117 Å². The van der Waals surface area contributed by atoms with E-state index in [9.17, 15) is 0 Å². The minimum Gasteiger partial charge on any atom is -0.486 e. The summed E-state index contributed by atoms with van der Waals surface area (Å²) in [6.07, 6.45) is 1.14. The molecule has 1 N–H and O–H groups in total. The van der Waals surface area contributed by atoms with Gasteiger partial charge in [0.15, 0.2) is 11.5 Å². The smallest absolute Gasteiger partial charge is 0.163 e. The highest BCUT2D eigenvalue weighted by Gasteiger charge is 2.16. The number of halogens is 1. The van der Waals surface area contributed by atoms with Crippen LogP contribution in [0.1, 0.15) is 27.2 Å². The van der Waals surface area contributed by atoms with Crippen molar-refractivity contribution in [1.82, 2.24) is 0 Å². The summed E-state index contributed by atoms with van der Waals surface area (Å²) in [4.78, 5) is 0. The zero-order valence-corrected chi connectivity index (χ0v) is 12.7. The minimum atomic E-state index is 0.434. The summed E-state index contributed by atoms with van der Waals surface area (Å²) in [5.41, 5.74) is 1.06. The third kappa shape index (κ3) is 3.31. The van der Waals surface area contributed by atoms with Gasteiger partial charge in [-0.05, 0) is 35.2 Å². The van der Waals surface area contributed by atoms with E-state index in [0.29, 0.717) is 25.2 Å². The van der Waals surface area contributed by atoms with Gasteiger partial charge in [-0.15, -0.1) is 0 Å². The molecule has 1 heterocycles. The highest BCUT2D eigenvalue weighted by atomic mass is 79.9. The average molecular weight is 314 g/mol. The molecule has 18 heavy (non-hydrogen) atoms. The van der Waals surface area contributed by atoms with E-state index >= 15 is 0 Å². The number of fused-ring (bicyclic) bond motifs is 1. The van der Waals surface area contributed by atoms with Crippen LogP contribution in [0.25, 0.3) is 0 Å². The van der Waals surface area contributed by atoms with E-state index in [1.54, 1.807) is 0 Å². The summed E-state index contributed by atoms with van der Waals surface area (Å²) in [6.45, 7) is 7.91. The molecule has 100 valence electrons. The summed E-state index contributed by atoms with van der Waals surface area (Å²) >= 11 is 3.57. The number of benzene rings is 1. The molecule has 0 aliphatic carbocycles. The van der Waals surface area contributed by atoms with Crippen molar-refractivity contribution < 1.29 is 9.47 Å². The number of anilines is 1. The summed E-state index contributed by atoms with van der Waals surface area (Å²) < 4.78 is 12.2. The fourth-order valence-electron chi connectivity index (χ4n) is 2.21. The van der Waals surface area contributed by atoms with E-state index in [1.807, 2.05) is 12.1 Å². The molecular weight excluding hydrogens is 294 g/mol. The molecule has 0 saturated heterocycles. The van der Waals surface area contributed by atoms with Crippen molar-refractivity contribution in [2.45, 2.75) is 33.2 Å². The van der Waals surface area contributed by atoms with Crippen molar-refractivity contribution in [2.24, 2.45) is 5.92 Å². The van der Waals surface area contributed by atoms with Gasteiger partial charge in [-0.3, -0.25) is 0 Å². The highest BCUT2D eigenvalue weighted by molar-refractivity contribution is 9.10. The number of hydrogen-bond acceptors (Lipinski definition) is 3. The molecule has 4 heteroatoms. The molecular formula is C14H20BrNO2. The molecule has 2 rings (SSSR count). The first-order chi connectivity index (χ1) is 8.56. The Morgan fingerprint density at radius 1 is 1.17 bits per heavy atom. The van der Waals surface area contributed by atoms with Gasteiger partial charge in [-0.25, -0.2) is 0 Å². The number of rotatable bonds is 4. The Balaban J connectivity index is 2.13. The van der Waals surface area contributed by atoms with Crippen LogP contribution in [-0.2, 0) is 0 Å². The molecule has 0 fully saturated rings. The van der Waals surface area contributed by atoms with Gasteiger partial charge in [-0.1, -0.05) is 13.8 Å². The van der Waals surface area contributed by atoms with Crippen molar-refractivity contribution >= 4 is 21.6 Å². The number of ether oxygens (including phenoxy) is 2. The normalized spacial score (nSPS) is 15.6. The Morgan fingerprint density at radius 3 is 2.39 bits per heavy atom. The molecule has 1 unspecified atom stereocenters. The van der Waals surface area contributed by atoms with Crippen LogP contribution in [0.5, 0.6) is 11.5 Å². The van der Waals surface area contributed by atoms with Gasteiger partial charge < -0.3 is 14.8 Å². The first-order valence-electron chi connectivity index (χ1n) is 6.42. The van der Waals surface area contributed by atoms with Gasteiger partial charge in [0.25, 0.3) is 0 Å². The lowest BCUT2D eigenvalue weighted by molar-refractivity contribution is 0.171. The maximum Gasteiger partial charge on any atom is 0.163 e. The van der Waals surface area contributed by atoms with Crippen LogP contribution >= 0.6 is 15.9 Å². The average Bonchev–Trinajstić information content (AvgIpc) is 2.29. The van der Waals surface area contributed by atoms with Crippen molar-refractivity contribution in [1.29, 1.82) is 0 Å². The molecule has 3 nitrogen and oxygen atoms in total. The Kier molecular flexibility index (Phi) is 4.38. The molecule has 1 aliphatic rings. The molecule has 1 atom stereocenters. The topological polar surface area (TPSA) is 30.5 Å².